The normalized spacial score (nSPS) is 15.8. The molecule has 1 saturated heterocycles. The first-order valence-corrected chi connectivity index (χ1v) is 6.94. The Kier molecular flexibility index (Phi) is 4.92. The Morgan fingerprint density at radius 2 is 1.80 bits per heavy atom. The summed E-state index contributed by atoms with van der Waals surface area (Å²) in [6.45, 7) is 3.90. The summed E-state index contributed by atoms with van der Waals surface area (Å²) in [6, 6.07) is 7.10. The molecule has 1 heterocycles. The number of ether oxygens (including phenoxy) is 1. The lowest BCUT2D eigenvalue weighted by molar-refractivity contribution is 0.0601. The summed E-state index contributed by atoms with van der Waals surface area (Å²) < 4.78 is 4.66. The molecule has 5 nitrogen and oxygen atoms in total. The molecular weight excluding hydrogens is 274 g/mol. The highest BCUT2D eigenvalue weighted by atomic mass is 32.1. The van der Waals surface area contributed by atoms with Gasteiger partial charge in [-0.25, -0.2) is 4.79 Å². The zero-order chi connectivity index (χ0) is 14.5. The molecule has 1 aliphatic heterocycles. The van der Waals surface area contributed by atoms with E-state index in [1.807, 2.05) is 12.1 Å². The van der Waals surface area contributed by atoms with Gasteiger partial charge in [0, 0.05) is 31.9 Å². The predicted octanol–water partition coefficient (Wildman–Crippen LogP) is 1.42. The lowest BCUT2D eigenvalue weighted by atomic mass is 10.2. The second-order valence-electron chi connectivity index (χ2n) is 4.79. The van der Waals surface area contributed by atoms with Crippen LogP contribution in [0.1, 0.15) is 10.4 Å². The van der Waals surface area contributed by atoms with E-state index in [9.17, 15) is 4.79 Å². The summed E-state index contributed by atoms with van der Waals surface area (Å²) in [7, 11) is 3.48. The summed E-state index contributed by atoms with van der Waals surface area (Å²) in [6.07, 6.45) is 0. The van der Waals surface area contributed by atoms with Crippen LogP contribution >= 0.6 is 12.2 Å². The Balaban J connectivity index is 1.92. The Bertz CT molecular complexity index is 482. The fourth-order valence-electron chi connectivity index (χ4n) is 2.02. The van der Waals surface area contributed by atoms with Gasteiger partial charge in [-0.1, -0.05) is 0 Å². The number of benzene rings is 1. The number of likely N-dealkylation sites (N-methyl/N-ethyl adjacent to an activating group) is 1. The highest BCUT2D eigenvalue weighted by Crippen LogP contribution is 2.12. The Hall–Kier alpha value is -1.66. The van der Waals surface area contributed by atoms with Crippen LogP contribution in [0.2, 0.25) is 0 Å². The van der Waals surface area contributed by atoms with Gasteiger partial charge >= 0.3 is 5.97 Å². The van der Waals surface area contributed by atoms with Crippen LogP contribution in [-0.4, -0.2) is 61.2 Å². The molecule has 0 bridgehead atoms. The molecule has 6 heteroatoms. The van der Waals surface area contributed by atoms with Crippen LogP contribution in [0.25, 0.3) is 0 Å². The van der Waals surface area contributed by atoms with Gasteiger partial charge in [0.05, 0.1) is 12.7 Å². The van der Waals surface area contributed by atoms with Crippen LogP contribution in [-0.2, 0) is 4.74 Å². The quantitative estimate of drug-likeness (QED) is 0.657. The minimum absolute atomic E-state index is 0.335. The number of hydrogen-bond acceptors (Lipinski definition) is 4. The van der Waals surface area contributed by atoms with Gasteiger partial charge in [0.15, 0.2) is 5.11 Å². The number of esters is 1. The highest BCUT2D eigenvalue weighted by molar-refractivity contribution is 7.80. The molecule has 0 unspecified atom stereocenters. The summed E-state index contributed by atoms with van der Waals surface area (Å²) in [4.78, 5) is 15.8. The second-order valence-corrected chi connectivity index (χ2v) is 5.18. The zero-order valence-electron chi connectivity index (χ0n) is 11.8. The van der Waals surface area contributed by atoms with E-state index >= 15 is 0 Å². The second kappa shape index (κ2) is 6.67. The number of nitrogens with one attached hydrogen (secondary N) is 1. The van der Waals surface area contributed by atoms with Gasteiger partial charge in [-0.2, -0.15) is 0 Å². The van der Waals surface area contributed by atoms with E-state index in [0.717, 1.165) is 37.0 Å². The molecule has 0 aromatic heterocycles. The van der Waals surface area contributed by atoms with E-state index < -0.39 is 0 Å². The van der Waals surface area contributed by atoms with Crippen molar-refractivity contribution in [1.29, 1.82) is 0 Å². The third kappa shape index (κ3) is 3.68. The van der Waals surface area contributed by atoms with Crippen molar-refractivity contribution in [2.24, 2.45) is 0 Å². The fourth-order valence-corrected chi connectivity index (χ4v) is 2.32. The maximum atomic E-state index is 11.3. The summed E-state index contributed by atoms with van der Waals surface area (Å²) >= 11 is 5.41. The number of thiocarbonyl (C=S) groups is 1. The van der Waals surface area contributed by atoms with Gasteiger partial charge in [-0.3, -0.25) is 0 Å². The number of hydrogen-bond donors (Lipinski definition) is 1. The molecule has 1 N–H and O–H groups in total. The van der Waals surface area contributed by atoms with E-state index in [-0.39, 0.29) is 5.97 Å². The maximum absolute atomic E-state index is 11.3. The molecule has 0 atom stereocenters. The largest absolute Gasteiger partial charge is 0.465 e. The van der Waals surface area contributed by atoms with Crippen molar-refractivity contribution < 1.29 is 9.53 Å². The van der Waals surface area contributed by atoms with Crippen LogP contribution in [0.5, 0.6) is 0 Å². The molecule has 0 radical (unpaired) electrons. The fraction of sp³-hybridized carbons (Fsp3) is 0.429. The molecular formula is C14H19N3O2S. The molecule has 0 saturated carbocycles. The van der Waals surface area contributed by atoms with Crippen LogP contribution in [0.3, 0.4) is 0 Å². The van der Waals surface area contributed by atoms with Gasteiger partial charge in [0.1, 0.15) is 0 Å². The van der Waals surface area contributed by atoms with E-state index in [1.54, 1.807) is 12.1 Å². The highest BCUT2D eigenvalue weighted by Gasteiger charge is 2.16. The van der Waals surface area contributed by atoms with Crippen molar-refractivity contribution in [2.45, 2.75) is 0 Å². The standard InChI is InChI=1S/C14H19N3O2S/c1-16-7-9-17(10-8-16)14(20)15-12-5-3-11(4-6-12)13(18)19-2/h3-6H,7-10H2,1-2H3,(H,15,20). The van der Waals surface area contributed by atoms with Crippen molar-refractivity contribution >= 4 is 29.0 Å². The summed E-state index contributed by atoms with van der Waals surface area (Å²) in [5.74, 6) is -0.335. The van der Waals surface area contributed by atoms with Gasteiger partial charge < -0.3 is 19.9 Å². The molecule has 20 heavy (non-hydrogen) atoms. The third-order valence-corrected chi connectivity index (χ3v) is 3.71. The first-order chi connectivity index (χ1) is 9.60. The summed E-state index contributed by atoms with van der Waals surface area (Å²) in [5.41, 5.74) is 1.41. The number of carbonyl (C=O) groups excluding carboxylic acids is 1. The van der Waals surface area contributed by atoms with Gasteiger partial charge in [0.2, 0.25) is 0 Å². The predicted molar refractivity (Wildman–Crippen MR) is 83.1 cm³/mol. The third-order valence-electron chi connectivity index (χ3n) is 3.35. The van der Waals surface area contributed by atoms with Gasteiger partial charge in [0.25, 0.3) is 0 Å². The zero-order valence-corrected chi connectivity index (χ0v) is 12.6. The first kappa shape index (κ1) is 14.7. The van der Waals surface area contributed by atoms with Crippen LogP contribution in [0.4, 0.5) is 5.69 Å². The van der Waals surface area contributed by atoms with Crippen LogP contribution < -0.4 is 5.32 Å². The lowest BCUT2D eigenvalue weighted by Crippen LogP contribution is -2.48. The Morgan fingerprint density at radius 3 is 2.35 bits per heavy atom. The van der Waals surface area contributed by atoms with Crippen molar-refractivity contribution in [3.05, 3.63) is 29.8 Å². The molecule has 1 aromatic rings. The number of nitrogens with zero attached hydrogens (tertiary/aromatic N) is 2. The molecule has 0 spiro atoms. The van der Waals surface area contributed by atoms with Crippen molar-refractivity contribution in [1.82, 2.24) is 9.80 Å². The average Bonchev–Trinajstić information content (AvgIpc) is 2.48. The monoisotopic (exact) mass is 293 g/mol. The summed E-state index contributed by atoms with van der Waals surface area (Å²) in [5, 5.41) is 3.92. The van der Waals surface area contributed by atoms with E-state index in [0.29, 0.717) is 5.56 Å². The first-order valence-electron chi connectivity index (χ1n) is 6.53. The smallest absolute Gasteiger partial charge is 0.337 e. The molecule has 1 fully saturated rings. The molecule has 108 valence electrons. The van der Waals surface area contributed by atoms with Crippen LogP contribution in [0, 0.1) is 0 Å². The van der Waals surface area contributed by atoms with Crippen LogP contribution in [0.15, 0.2) is 24.3 Å². The van der Waals surface area contributed by atoms with Gasteiger partial charge in [-0.15, -0.1) is 0 Å². The molecule has 0 aliphatic carbocycles. The minimum Gasteiger partial charge on any atom is -0.465 e. The van der Waals surface area contributed by atoms with Crippen molar-refractivity contribution in [3.8, 4) is 0 Å². The van der Waals surface area contributed by atoms with E-state index in [4.69, 9.17) is 12.2 Å². The number of methoxy groups -OCH3 is 1. The lowest BCUT2D eigenvalue weighted by Gasteiger charge is -2.34. The van der Waals surface area contributed by atoms with E-state index in [1.165, 1.54) is 7.11 Å². The molecule has 2 rings (SSSR count). The van der Waals surface area contributed by atoms with Crippen molar-refractivity contribution in [2.75, 3.05) is 45.7 Å². The number of carbonyl (C=O) groups is 1. The van der Waals surface area contributed by atoms with Crippen molar-refractivity contribution in [3.63, 3.8) is 0 Å². The number of anilines is 1. The topological polar surface area (TPSA) is 44.8 Å². The molecule has 1 aromatic carbocycles. The number of rotatable bonds is 2. The Morgan fingerprint density at radius 1 is 1.20 bits per heavy atom. The maximum Gasteiger partial charge on any atom is 0.337 e. The van der Waals surface area contributed by atoms with Gasteiger partial charge in [-0.05, 0) is 43.5 Å². The minimum atomic E-state index is -0.335. The Labute approximate surface area is 124 Å². The molecule has 1 aliphatic rings. The SMILES string of the molecule is COC(=O)c1ccc(NC(=S)N2CCN(C)CC2)cc1. The number of piperazine rings is 1. The average molecular weight is 293 g/mol. The molecule has 0 amide bonds. The van der Waals surface area contributed by atoms with E-state index in [2.05, 4.69) is 26.9 Å².